The van der Waals surface area contributed by atoms with Crippen LogP contribution in [0.25, 0.3) is 0 Å². The van der Waals surface area contributed by atoms with Crippen LogP contribution in [0.3, 0.4) is 0 Å². The minimum atomic E-state index is -0.561. The van der Waals surface area contributed by atoms with Crippen LogP contribution in [0.5, 0.6) is 0 Å². The predicted octanol–water partition coefficient (Wildman–Crippen LogP) is 1.82. The number of carbonyl (C=O) groups is 2. The van der Waals surface area contributed by atoms with Crippen molar-refractivity contribution in [1.29, 1.82) is 0 Å². The van der Waals surface area contributed by atoms with Crippen molar-refractivity contribution in [2.24, 2.45) is 0 Å². The fourth-order valence-corrected chi connectivity index (χ4v) is 3.41. The van der Waals surface area contributed by atoms with Gasteiger partial charge in [-0.25, -0.2) is 0 Å². The van der Waals surface area contributed by atoms with Crippen LogP contribution in [0.15, 0.2) is 29.2 Å². The Morgan fingerprint density at radius 3 is 2.86 bits per heavy atom. The van der Waals surface area contributed by atoms with E-state index in [0.29, 0.717) is 5.56 Å². The largest absolute Gasteiger partial charge is 0.377 e. The molecule has 0 aromatic heterocycles. The first-order valence-electron chi connectivity index (χ1n) is 7.47. The lowest BCUT2D eigenvalue weighted by atomic mass is 10.2. The number of likely N-dealkylation sites (N-methyl/N-ethyl adjacent to an activating group) is 1. The summed E-state index contributed by atoms with van der Waals surface area (Å²) >= 11 is 1.63. The molecule has 2 atom stereocenters. The molecule has 0 radical (unpaired) electrons. The van der Waals surface area contributed by atoms with Gasteiger partial charge in [-0.2, -0.15) is 0 Å². The number of hydrogen-bond donors (Lipinski definition) is 2. The number of benzene rings is 1. The third-order valence-electron chi connectivity index (χ3n) is 3.57. The Labute approximate surface area is 135 Å². The summed E-state index contributed by atoms with van der Waals surface area (Å²) in [6, 6.07) is 6.89. The second kappa shape index (κ2) is 8.19. The summed E-state index contributed by atoms with van der Waals surface area (Å²) in [5.74, 6) is 0.402. The summed E-state index contributed by atoms with van der Waals surface area (Å²) < 4.78 is 5.61. The van der Waals surface area contributed by atoms with Gasteiger partial charge in [0.05, 0.1) is 11.7 Å². The maximum absolute atomic E-state index is 12.4. The first kappa shape index (κ1) is 16.8. The van der Waals surface area contributed by atoms with Crippen LogP contribution in [0, 0.1) is 0 Å². The van der Waals surface area contributed by atoms with Gasteiger partial charge in [0.25, 0.3) is 5.91 Å². The molecular weight excluding hydrogens is 300 g/mol. The van der Waals surface area contributed by atoms with Gasteiger partial charge in [0.15, 0.2) is 0 Å². The van der Waals surface area contributed by atoms with E-state index >= 15 is 0 Å². The van der Waals surface area contributed by atoms with Crippen molar-refractivity contribution in [2.75, 3.05) is 19.4 Å². The van der Waals surface area contributed by atoms with Gasteiger partial charge in [-0.1, -0.05) is 12.1 Å². The predicted molar refractivity (Wildman–Crippen MR) is 87.1 cm³/mol. The zero-order chi connectivity index (χ0) is 15.9. The van der Waals surface area contributed by atoms with Crippen molar-refractivity contribution in [3.63, 3.8) is 0 Å². The Balaban J connectivity index is 2.00. The minimum Gasteiger partial charge on any atom is -0.377 e. The average molecular weight is 322 g/mol. The van der Waals surface area contributed by atoms with Crippen LogP contribution in [0.1, 0.15) is 30.1 Å². The fourth-order valence-electron chi connectivity index (χ4n) is 2.30. The lowest BCUT2D eigenvalue weighted by Gasteiger charge is -2.15. The molecular formula is C16H22N2O3S. The van der Waals surface area contributed by atoms with Crippen molar-refractivity contribution in [2.45, 2.75) is 36.8 Å². The third-order valence-corrected chi connectivity index (χ3v) is 4.77. The van der Waals surface area contributed by atoms with E-state index in [-0.39, 0.29) is 17.9 Å². The monoisotopic (exact) mass is 322 g/mol. The van der Waals surface area contributed by atoms with E-state index in [9.17, 15) is 9.59 Å². The SMILES string of the molecule is CNC(=O)[C@H](C)NC(=O)c1ccccc1SC[C@H]1CCCO1. The first-order valence-corrected chi connectivity index (χ1v) is 8.46. The number of thioether (sulfide) groups is 1. The number of carbonyl (C=O) groups excluding carboxylic acids is 2. The number of amides is 2. The molecule has 1 aliphatic heterocycles. The fraction of sp³-hybridized carbons (Fsp3) is 0.500. The average Bonchev–Trinajstić information content (AvgIpc) is 3.05. The van der Waals surface area contributed by atoms with E-state index in [1.54, 1.807) is 31.8 Å². The van der Waals surface area contributed by atoms with Gasteiger partial charge in [0.2, 0.25) is 5.91 Å². The quantitative estimate of drug-likeness (QED) is 0.784. The van der Waals surface area contributed by atoms with Crippen molar-refractivity contribution in [1.82, 2.24) is 10.6 Å². The molecule has 1 fully saturated rings. The number of nitrogens with one attached hydrogen (secondary N) is 2. The summed E-state index contributed by atoms with van der Waals surface area (Å²) in [5, 5.41) is 5.24. The van der Waals surface area contributed by atoms with E-state index in [1.165, 1.54) is 0 Å². The molecule has 0 aliphatic carbocycles. The van der Waals surface area contributed by atoms with Gasteiger partial charge in [0, 0.05) is 24.3 Å². The van der Waals surface area contributed by atoms with Crippen molar-refractivity contribution < 1.29 is 14.3 Å². The lowest BCUT2D eigenvalue weighted by molar-refractivity contribution is -0.122. The van der Waals surface area contributed by atoms with E-state index in [1.807, 2.05) is 18.2 Å². The van der Waals surface area contributed by atoms with Crippen LogP contribution < -0.4 is 10.6 Å². The molecule has 0 bridgehead atoms. The summed E-state index contributed by atoms with van der Waals surface area (Å²) in [6.07, 6.45) is 2.46. The molecule has 6 heteroatoms. The third kappa shape index (κ3) is 4.48. The Morgan fingerprint density at radius 2 is 2.18 bits per heavy atom. The van der Waals surface area contributed by atoms with Crippen LogP contribution in [-0.2, 0) is 9.53 Å². The van der Waals surface area contributed by atoms with Gasteiger partial charge in [-0.3, -0.25) is 9.59 Å². The highest BCUT2D eigenvalue weighted by molar-refractivity contribution is 7.99. The summed E-state index contributed by atoms with van der Waals surface area (Å²) in [5.41, 5.74) is 0.598. The topological polar surface area (TPSA) is 67.4 Å². The second-order valence-corrected chi connectivity index (χ2v) is 6.31. The molecule has 0 spiro atoms. The second-order valence-electron chi connectivity index (χ2n) is 5.25. The molecule has 1 aliphatic rings. The van der Waals surface area contributed by atoms with E-state index in [4.69, 9.17) is 4.74 Å². The van der Waals surface area contributed by atoms with Crippen LogP contribution in [-0.4, -0.2) is 43.4 Å². The van der Waals surface area contributed by atoms with Gasteiger partial charge < -0.3 is 15.4 Å². The summed E-state index contributed by atoms with van der Waals surface area (Å²) in [4.78, 5) is 24.8. The first-order chi connectivity index (χ1) is 10.6. The van der Waals surface area contributed by atoms with Gasteiger partial charge >= 0.3 is 0 Å². The molecule has 2 N–H and O–H groups in total. The molecule has 120 valence electrons. The molecule has 1 heterocycles. The Morgan fingerprint density at radius 1 is 1.41 bits per heavy atom. The summed E-state index contributed by atoms with van der Waals surface area (Å²) in [6.45, 7) is 2.50. The molecule has 2 amide bonds. The van der Waals surface area contributed by atoms with Crippen LogP contribution >= 0.6 is 11.8 Å². The molecule has 22 heavy (non-hydrogen) atoms. The summed E-state index contributed by atoms with van der Waals surface area (Å²) in [7, 11) is 1.55. The van der Waals surface area contributed by atoms with Crippen molar-refractivity contribution >= 4 is 23.6 Å². The standard InChI is InChI=1S/C16H22N2O3S/c1-11(15(19)17-2)18-16(20)13-7-3-4-8-14(13)22-10-12-6-5-9-21-12/h3-4,7-8,11-12H,5-6,9-10H2,1-2H3,(H,17,19)(H,18,20)/t11-,12+/m0/s1. The molecule has 2 rings (SSSR count). The molecule has 0 saturated carbocycles. The normalized spacial score (nSPS) is 18.7. The number of ether oxygens (including phenoxy) is 1. The molecule has 1 saturated heterocycles. The van der Waals surface area contributed by atoms with Gasteiger partial charge in [-0.15, -0.1) is 11.8 Å². The zero-order valence-corrected chi connectivity index (χ0v) is 13.7. The number of hydrogen-bond acceptors (Lipinski definition) is 4. The molecule has 1 aromatic carbocycles. The Bertz CT molecular complexity index is 530. The highest BCUT2D eigenvalue weighted by Gasteiger charge is 2.20. The Hall–Kier alpha value is -1.53. The number of rotatable bonds is 6. The maximum Gasteiger partial charge on any atom is 0.253 e. The van der Waals surface area contributed by atoms with Crippen molar-refractivity contribution in [3.05, 3.63) is 29.8 Å². The van der Waals surface area contributed by atoms with E-state index in [0.717, 1.165) is 30.1 Å². The van der Waals surface area contributed by atoms with Gasteiger partial charge in [-0.05, 0) is 31.9 Å². The van der Waals surface area contributed by atoms with Crippen molar-refractivity contribution in [3.8, 4) is 0 Å². The van der Waals surface area contributed by atoms with Crippen LogP contribution in [0.4, 0.5) is 0 Å². The molecule has 1 aromatic rings. The maximum atomic E-state index is 12.4. The molecule has 5 nitrogen and oxygen atoms in total. The lowest BCUT2D eigenvalue weighted by Crippen LogP contribution is -2.43. The highest BCUT2D eigenvalue weighted by atomic mass is 32.2. The molecule has 0 unspecified atom stereocenters. The zero-order valence-electron chi connectivity index (χ0n) is 12.9. The highest BCUT2D eigenvalue weighted by Crippen LogP contribution is 2.26. The van der Waals surface area contributed by atoms with Crippen LogP contribution in [0.2, 0.25) is 0 Å². The smallest absolute Gasteiger partial charge is 0.253 e. The Kier molecular flexibility index (Phi) is 6.27. The van der Waals surface area contributed by atoms with E-state index in [2.05, 4.69) is 10.6 Å². The van der Waals surface area contributed by atoms with Gasteiger partial charge in [0.1, 0.15) is 6.04 Å². The minimum absolute atomic E-state index is 0.210. The van der Waals surface area contributed by atoms with E-state index < -0.39 is 6.04 Å².